The molecule has 2 nitrogen and oxygen atoms in total. The van der Waals surface area contributed by atoms with Crippen LogP contribution in [0.25, 0.3) is 0 Å². The molecule has 2 heteroatoms. The van der Waals surface area contributed by atoms with Crippen LogP contribution in [0.2, 0.25) is 0 Å². The fourth-order valence-corrected chi connectivity index (χ4v) is 0.804. The summed E-state index contributed by atoms with van der Waals surface area (Å²) in [5, 5.41) is 0. The van der Waals surface area contributed by atoms with Crippen molar-refractivity contribution in [2.45, 2.75) is 6.92 Å². The summed E-state index contributed by atoms with van der Waals surface area (Å²) in [5.41, 5.74) is 1.72. The van der Waals surface area contributed by atoms with E-state index >= 15 is 0 Å². The lowest BCUT2D eigenvalue weighted by atomic mass is 10.1. The zero-order chi connectivity index (χ0) is 10.1. The standard InChI is InChI=1S/C11H14N2/c1-5-8-10(6-2)11(7-3)13-9-12-4/h5-9H,1-2,4H2,3H3/b10-8-,11-7+,13-9?. The van der Waals surface area contributed by atoms with Crippen molar-refractivity contribution >= 4 is 13.1 Å². The Labute approximate surface area is 79.4 Å². The van der Waals surface area contributed by atoms with E-state index in [1.54, 1.807) is 12.2 Å². The van der Waals surface area contributed by atoms with Gasteiger partial charge in [0.25, 0.3) is 0 Å². The molecule has 0 fully saturated rings. The third-order valence-corrected chi connectivity index (χ3v) is 1.36. The topological polar surface area (TPSA) is 24.7 Å². The number of aliphatic imine (C=N–C) groups is 2. The summed E-state index contributed by atoms with van der Waals surface area (Å²) in [6.07, 6.45) is 8.52. The lowest BCUT2D eigenvalue weighted by Crippen LogP contribution is -1.82. The molecule has 0 atom stereocenters. The summed E-state index contributed by atoms with van der Waals surface area (Å²) >= 11 is 0. The predicted molar refractivity (Wildman–Crippen MR) is 60.3 cm³/mol. The van der Waals surface area contributed by atoms with E-state index in [9.17, 15) is 0 Å². The zero-order valence-corrected chi connectivity index (χ0v) is 7.90. The van der Waals surface area contributed by atoms with E-state index in [2.05, 4.69) is 29.9 Å². The van der Waals surface area contributed by atoms with Crippen molar-refractivity contribution in [3.8, 4) is 0 Å². The van der Waals surface area contributed by atoms with Crippen LogP contribution in [0, 0.1) is 0 Å². The Kier molecular flexibility index (Phi) is 6.06. The van der Waals surface area contributed by atoms with Gasteiger partial charge in [-0.05, 0) is 19.2 Å². The van der Waals surface area contributed by atoms with Crippen LogP contribution in [-0.2, 0) is 0 Å². The molecule has 0 radical (unpaired) electrons. The van der Waals surface area contributed by atoms with Gasteiger partial charge in [-0.2, -0.15) is 0 Å². The Morgan fingerprint density at radius 2 is 2.00 bits per heavy atom. The third kappa shape index (κ3) is 4.01. The number of hydrogen-bond acceptors (Lipinski definition) is 1. The minimum atomic E-state index is 0.808. The van der Waals surface area contributed by atoms with Gasteiger partial charge < -0.3 is 0 Å². The molecule has 13 heavy (non-hydrogen) atoms. The first-order valence-corrected chi connectivity index (χ1v) is 3.90. The van der Waals surface area contributed by atoms with Gasteiger partial charge in [0, 0.05) is 0 Å². The van der Waals surface area contributed by atoms with E-state index < -0.39 is 0 Å². The second-order valence-electron chi connectivity index (χ2n) is 2.16. The van der Waals surface area contributed by atoms with Crippen LogP contribution in [0.3, 0.4) is 0 Å². The molecular formula is C11H14N2. The summed E-state index contributed by atoms with van der Waals surface area (Å²) < 4.78 is 0. The molecule has 0 aromatic carbocycles. The molecule has 0 rings (SSSR count). The number of hydrogen-bond donors (Lipinski definition) is 0. The second-order valence-corrected chi connectivity index (χ2v) is 2.16. The molecule has 0 aliphatic rings. The number of rotatable bonds is 5. The highest BCUT2D eigenvalue weighted by atomic mass is 14.8. The molecule has 0 aromatic rings. The van der Waals surface area contributed by atoms with Crippen molar-refractivity contribution in [2.24, 2.45) is 9.98 Å². The van der Waals surface area contributed by atoms with Crippen molar-refractivity contribution in [3.05, 3.63) is 48.7 Å². The Bertz CT molecular complexity index is 280. The summed E-state index contributed by atoms with van der Waals surface area (Å²) in [5.74, 6) is 0. The van der Waals surface area contributed by atoms with Gasteiger partial charge in [-0.15, -0.1) is 0 Å². The Balaban J connectivity index is 4.85. The lowest BCUT2D eigenvalue weighted by molar-refractivity contribution is 1.32. The van der Waals surface area contributed by atoms with E-state index in [-0.39, 0.29) is 0 Å². The molecule has 0 heterocycles. The minimum Gasteiger partial charge on any atom is -0.253 e. The van der Waals surface area contributed by atoms with Crippen LogP contribution in [0.5, 0.6) is 0 Å². The van der Waals surface area contributed by atoms with E-state index in [0.717, 1.165) is 11.3 Å². The Morgan fingerprint density at radius 3 is 2.38 bits per heavy atom. The van der Waals surface area contributed by atoms with Crippen LogP contribution in [0.4, 0.5) is 0 Å². The lowest BCUT2D eigenvalue weighted by Gasteiger charge is -1.99. The van der Waals surface area contributed by atoms with Crippen LogP contribution < -0.4 is 0 Å². The summed E-state index contributed by atoms with van der Waals surface area (Å²) in [6, 6.07) is 0. The summed E-state index contributed by atoms with van der Waals surface area (Å²) in [4.78, 5) is 7.60. The van der Waals surface area contributed by atoms with Gasteiger partial charge in [0.1, 0.15) is 6.34 Å². The minimum absolute atomic E-state index is 0.808. The van der Waals surface area contributed by atoms with Gasteiger partial charge in [-0.3, -0.25) is 4.99 Å². The van der Waals surface area contributed by atoms with Gasteiger partial charge in [-0.1, -0.05) is 37.5 Å². The highest BCUT2D eigenvalue weighted by Crippen LogP contribution is 2.11. The first-order chi connectivity index (χ1) is 6.29. The van der Waals surface area contributed by atoms with E-state index in [1.165, 1.54) is 6.34 Å². The van der Waals surface area contributed by atoms with Crippen LogP contribution >= 0.6 is 0 Å². The molecule has 0 saturated carbocycles. The number of allylic oxidation sites excluding steroid dienone is 4. The van der Waals surface area contributed by atoms with Crippen molar-refractivity contribution < 1.29 is 0 Å². The van der Waals surface area contributed by atoms with Crippen molar-refractivity contribution in [2.75, 3.05) is 0 Å². The van der Waals surface area contributed by atoms with Gasteiger partial charge in [-0.25, -0.2) is 4.99 Å². The van der Waals surface area contributed by atoms with Crippen molar-refractivity contribution in [1.82, 2.24) is 0 Å². The molecule has 0 amide bonds. The maximum Gasteiger partial charge on any atom is 0.115 e. The Hall–Kier alpha value is -1.70. The maximum atomic E-state index is 4.07. The SMILES string of the molecule is C=C/C=C(C=C)\C(=C/C)N=CN=C. The van der Waals surface area contributed by atoms with Crippen LogP contribution in [-0.4, -0.2) is 13.1 Å². The zero-order valence-electron chi connectivity index (χ0n) is 7.90. The maximum absolute atomic E-state index is 4.07. The Morgan fingerprint density at radius 1 is 1.31 bits per heavy atom. The normalized spacial score (nSPS) is 13.0. The number of nitrogens with zero attached hydrogens (tertiary/aromatic N) is 2. The fraction of sp³-hybridized carbons (Fsp3) is 0.0909. The van der Waals surface area contributed by atoms with Crippen molar-refractivity contribution in [3.63, 3.8) is 0 Å². The molecule has 0 spiro atoms. The van der Waals surface area contributed by atoms with Gasteiger partial charge in [0.2, 0.25) is 0 Å². The molecule has 0 aliphatic heterocycles. The summed E-state index contributed by atoms with van der Waals surface area (Å²) in [7, 11) is 0. The van der Waals surface area contributed by atoms with E-state index in [4.69, 9.17) is 0 Å². The summed E-state index contributed by atoms with van der Waals surface area (Å²) in [6.45, 7) is 12.5. The largest absolute Gasteiger partial charge is 0.253 e. The molecule has 68 valence electrons. The van der Waals surface area contributed by atoms with Crippen LogP contribution in [0.15, 0.2) is 58.7 Å². The molecule has 0 unspecified atom stereocenters. The van der Waals surface area contributed by atoms with Crippen molar-refractivity contribution in [1.29, 1.82) is 0 Å². The van der Waals surface area contributed by atoms with Gasteiger partial charge in [0.05, 0.1) is 5.70 Å². The monoisotopic (exact) mass is 174 g/mol. The quantitative estimate of drug-likeness (QED) is 0.348. The van der Waals surface area contributed by atoms with Crippen LogP contribution in [0.1, 0.15) is 6.92 Å². The average Bonchev–Trinajstić information content (AvgIpc) is 2.17. The predicted octanol–water partition coefficient (Wildman–Crippen LogP) is 2.92. The molecule has 0 N–H and O–H groups in total. The average molecular weight is 174 g/mol. The first kappa shape index (κ1) is 11.3. The molecule has 0 saturated heterocycles. The molecular weight excluding hydrogens is 160 g/mol. The highest BCUT2D eigenvalue weighted by molar-refractivity contribution is 5.64. The molecule has 0 bridgehead atoms. The van der Waals surface area contributed by atoms with E-state index in [1.807, 2.05) is 19.1 Å². The molecule has 0 aromatic heterocycles. The van der Waals surface area contributed by atoms with Gasteiger partial charge in [0.15, 0.2) is 0 Å². The second kappa shape index (κ2) is 6.98. The van der Waals surface area contributed by atoms with Gasteiger partial charge >= 0.3 is 0 Å². The smallest absolute Gasteiger partial charge is 0.115 e. The highest BCUT2D eigenvalue weighted by Gasteiger charge is 1.95. The van der Waals surface area contributed by atoms with E-state index in [0.29, 0.717) is 0 Å². The molecule has 0 aliphatic carbocycles. The third-order valence-electron chi connectivity index (χ3n) is 1.36. The first-order valence-electron chi connectivity index (χ1n) is 3.90. The fourth-order valence-electron chi connectivity index (χ4n) is 0.804.